The molecule has 3 rings (SSSR count). The van der Waals surface area contributed by atoms with Crippen molar-refractivity contribution < 1.29 is 4.79 Å². The number of carbonyl (C=O) groups excluding carboxylic acids is 1. The summed E-state index contributed by atoms with van der Waals surface area (Å²) in [5.41, 5.74) is 1.78. The van der Waals surface area contributed by atoms with Gasteiger partial charge in [-0.1, -0.05) is 30.3 Å². The highest BCUT2D eigenvalue weighted by atomic mass is 16.2. The van der Waals surface area contributed by atoms with Crippen LogP contribution in [0.1, 0.15) is 25.3 Å². The molecule has 2 heterocycles. The normalized spacial score (nSPS) is 15.2. The molecule has 0 unspecified atom stereocenters. The van der Waals surface area contributed by atoms with Crippen LogP contribution in [0.3, 0.4) is 0 Å². The van der Waals surface area contributed by atoms with Crippen LogP contribution in [0.25, 0.3) is 0 Å². The van der Waals surface area contributed by atoms with Gasteiger partial charge in [0.05, 0.1) is 18.4 Å². The fraction of sp³-hybridized carbons (Fsp3) is 0.421. The van der Waals surface area contributed by atoms with Gasteiger partial charge >= 0.3 is 0 Å². The fourth-order valence-corrected chi connectivity index (χ4v) is 3.19. The Balaban J connectivity index is 1.64. The molecule has 6 heteroatoms. The molecule has 1 aromatic heterocycles. The van der Waals surface area contributed by atoms with Crippen molar-refractivity contribution >= 4 is 11.6 Å². The van der Waals surface area contributed by atoms with Crippen LogP contribution in [-0.2, 0) is 11.3 Å². The molecular formula is C19H24N4O2. The average Bonchev–Trinajstić information content (AvgIpc) is 2.64. The number of hydrogen-bond acceptors (Lipinski definition) is 4. The second kappa shape index (κ2) is 7.96. The van der Waals surface area contributed by atoms with Crippen LogP contribution in [0.4, 0.5) is 5.69 Å². The Morgan fingerprint density at radius 1 is 1.24 bits per heavy atom. The smallest absolute Gasteiger partial charge is 0.269 e. The monoisotopic (exact) mass is 340 g/mol. The van der Waals surface area contributed by atoms with Crippen molar-refractivity contribution in [2.45, 2.75) is 26.3 Å². The van der Waals surface area contributed by atoms with E-state index in [9.17, 15) is 9.59 Å². The van der Waals surface area contributed by atoms with Gasteiger partial charge in [-0.05, 0) is 25.3 Å². The first kappa shape index (κ1) is 17.2. The number of anilines is 1. The van der Waals surface area contributed by atoms with E-state index in [1.54, 1.807) is 12.3 Å². The molecule has 1 amide bonds. The number of rotatable bonds is 5. The predicted octanol–water partition coefficient (Wildman–Crippen LogP) is 1.64. The SMILES string of the molecule is CCNC(=O)C1CCN(c2cnn(Cc3ccccc3)c(=O)c2)CC1. The van der Waals surface area contributed by atoms with E-state index in [0.29, 0.717) is 13.1 Å². The molecular weight excluding hydrogens is 316 g/mol. The summed E-state index contributed by atoms with van der Waals surface area (Å²) in [4.78, 5) is 26.4. The minimum absolute atomic E-state index is 0.0719. The molecule has 1 saturated heterocycles. The summed E-state index contributed by atoms with van der Waals surface area (Å²) in [5.74, 6) is 0.209. The standard InChI is InChI=1S/C19H24N4O2/c1-2-20-19(25)16-8-10-22(11-9-16)17-12-18(24)23(21-13-17)14-15-6-4-3-5-7-15/h3-7,12-13,16H,2,8-11,14H2,1H3,(H,20,25). The zero-order chi connectivity index (χ0) is 17.6. The Bertz CT molecular complexity index is 764. The van der Waals surface area contributed by atoms with Gasteiger partial charge in [0.2, 0.25) is 5.91 Å². The van der Waals surface area contributed by atoms with Gasteiger partial charge in [-0.25, -0.2) is 4.68 Å². The maximum Gasteiger partial charge on any atom is 0.269 e. The van der Waals surface area contributed by atoms with Crippen molar-refractivity contribution in [1.29, 1.82) is 0 Å². The first-order chi connectivity index (χ1) is 12.2. The summed E-state index contributed by atoms with van der Waals surface area (Å²) < 4.78 is 1.47. The molecule has 0 radical (unpaired) electrons. The molecule has 0 bridgehead atoms. The van der Waals surface area contributed by atoms with Gasteiger partial charge in [-0.15, -0.1) is 0 Å². The number of aromatic nitrogens is 2. The van der Waals surface area contributed by atoms with E-state index < -0.39 is 0 Å². The number of nitrogens with one attached hydrogen (secondary N) is 1. The molecule has 132 valence electrons. The van der Waals surface area contributed by atoms with Crippen LogP contribution in [0, 0.1) is 5.92 Å². The molecule has 0 spiro atoms. The van der Waals surface area contributed by atoms with Gasteiger partial charge in [-0.3, -0.25) is 9.59 Å². The van der Waals surface area contributed by atoms with Gasteiger partial charge < -0.3 is 10.2 Å². The lowest BCUT2D eigenvalue weighted by Crippen LogP contribution is -2.41. The van der Waals surface area contributed by atoms with E-state index in [0.717, 1.165) is 37.2 Å². The maximum absolute atomic E-state index is 12.4. The molecule has 0 atom stereocenters. The maximum atomic E-state index is 12.4. The summed E-state index contributed by atoms with van der Waals surface area (Å²) in [7, 11) is 0. The summed E-state index contributed by atoms with van der Waals surface area (Å²) in [6.45, 7) is 4.61. The van der Waals surface area contributed by atoms with Crippen molar-refractivity contribution in [3.05, 3.63) is 58.5 Å². The van der Waals surface area contributed by atoms with Crippen molar-refractivity contribution in [3.8, 4) is 0 Å². The number of nitrogens with zero attached hydrogens (tertiary/aromatic N) is 3. The van der Waals surface area contributed by atoms with E-state index in [2.05, 4.69) is 15.3 Å². The zero-order valence-corrected chi connectivity index (χ0v) is 14.5. The summed E-state index contributed by atoms with van der Waals surface area (Å²) >= 11 is 0. The molecule has 0 aliphatic carbocycles. The first-order valence-electron chi connectivity index (χ1n) is 8.81. The molecule has 1 N–H and O–H groups in total. The Morgan fingerprint density at radius 2 is 1.96 bits per heavy atom. The highest BCUT2D eigenvalue weighted by molar-refractivity contribution is 5.78. The lowest BCUT2D eigenvalue weighted by atomic mass is 9.95. The molecule has 1 aliphatic heterocycles. The largest absolute Gasteiger partial charge is 0.370 e. The van der Waals surface area contributed by atoms with Gasteiger partial charge in [0.15, 0.2) is 0 Å². The summed E-state index contributed by atoms with van der Waals surface area (Å²) in [6, 6.07) is 11.5. The predicted molar refractivity (Wildman–Crippen MR) is 97.7 cm³/mol. The molecule has 1 aliphatic rings. The minimum Gasteiger partial charge on any atom is -0.370 e. The highest BCUT2D eigenvalue weighted by Crippen LogP contribution is 2.22. The van der Waals surface area contributed by atoms with Crippen LogP contribution < -0.4 is 15.8 Å². The lowest BCUT2D eigenvalue weighted by Gasteiger charge is -2.32. The molecule has 2 aromatic rings. The van der Waals surface area contributed by atoms with Crippen LogP contribution in [0.2, 0.25) is 0 Å². The van der Waals surface area contributed by atoms with Crippen LogP contribution >= 0.6 is 0 Å². The number of benzene rings is 1. The Hall–Kier alpha value is -2.63. The van der Waals surface area contributed by atoms with Crippen molar-refractivity contribution in [2.24, 2.45) is 5.92 Å². The first-order valence-corrected chi connectivity index (χ1v) is 8.81. The van der Waals surface area contributed by atoms with E-state index in [1.807, 2.05) is 37.3 Å². The van der Waals surface area contributed by atoms with E-state index in [-0.39, 0.29) is 17.4 Å². The number of hydrogen-bond donors (Lipinski definition) is 1. The topological polar surface area (TPSA) is 67.2 Å². The highest BCUT2D eigenvalue weighted by Gasteiger charge is 2.25. The third kappa shape index (κ3) is 4.26. The second-order valence-corrected chi connectivity index (χ2v) is 6.35. The van der Waals surface area contributed by atoms with Gasteiger partial charge in [0, 0.05) is 31.6 Å². The van der Waals surface area contributed by atoms with Crippen LogP contribution in [-0.4, -0.2) is 35.3 Å². The Morgan fingerprint density at radius 3 is 2.60 bits per heavy atom. The Labute approximate surface area is 147 Å². The summed E-state index contributed by atoms with van der Waals surface area (Å²) in [5, 5.41) is 7.20. The third-order valence-corrected chi connectivity index (χ3v) is 4.61. The number of amides is 1. The molecule has 6 nitrogen and oxygen atoms in total. The number of piperidine rings is 1. The molecule has 1 aromatic carbocycles. The zero-order valence-electron chi connectivity index (χ0n) is 14.5. The van der Waals surface area contributed by atoms with Crippen molar-refractivity contribution in [2.75, 3.05) is 24.5 Å². The lowest BCUT2D eigenvalue weighted by molar-refractivity contribution is -0.125. The minimum atomic E-state index is -0.104. The van der Waals surface area contributed by atoms with Crippen LogP contribution in [0.15, 0.2) is 47.4 Å². The van der Waals surface area contributed by atoms with E-state index in [1.165, 1.54) is 4.68 Å². The van der Waals surface area contributed by atoms with E-state index in [4.69, 9.17) is 0 Å². The Kier molecular flexibility index (Phi) is 5.48. The van der Waals surface area contributed by atoms with Crippen molar-refractivity contribution in [3.63, 3.8) is 0 Å². The molecule has 0 saturated carbocycles. The summed E-state index contributed by atoms with van der Waals surface area (Å²) in [6.07, 6.45) is 3.36. The quantitative estimate of drug-likeness (QED) is 0.899. The third-order valence-electron chi connectivity index (χ3n) is 4.61. The van der Waals surface area contributed by atoms with Gasteiger partial charge in [0.25, 0.3) is 5.56 Å². The number of carbonyl (C=O) groups is 1. The van der Waals surface area contributed by atoms with Crippen molar-refractivity contribution in [1.82, 2.24) is 15.1 Å². The second-order valence-electron chi connectivity index (χ2n) is 6.35. The van der Waals surface area contributed by atoms with Gasteiger partial charge in [-0.2, -0.15) is 5.10 Å². The van der Waals surface area contributed by atoms with Crippen LogP contribution in [0.5, 0.6) is 0 Å². The molecule has 1 fully saturated rings. The van der Waals surface area contributed by atoms with Gasteiger partial charge in [0.1, 0.15) is 0 Å². The van der Waals surface area contributed by atoms with E-state index >= 15 is 0 Å². The molecule has 25 heavy (non-hydrogen) atoms. The average molecular weight is 340 g/mol. The fourth-order valence-electron chi connectivity index (χ4n) is 3.19.